The number of rotatable bonds is 3. The number of nitrogens with one attached hydrogen (secondary N) is 2. The minimum absolute atomic E-state index is 0.0267. The van der Waals surface area contributed by atoms with E-state index in [1.807, 2.05) is 12.1 Å². The van der Waals surface area contributed by atoms with E-state index in [-0.39, 0.29) is 18.2 Å². The normalized spacial score (nSPS) is 18.6. The standard InChI is InChI=1S/C20H19ClN4O2/c21-15-5-7-16(8-6-15)22-18(26)11-17-19(27)24-20(23-17)25-10-9-13-3-1-2-4-14(13)12-25/h1-8,17H,9-12H2,(H,22,26)(H,23,24,27). The maximum absolute atomic E-state index is 12.2. The molecule has 4 rings (SSSR count). The quantitative estimate of drug-likeness (QED) is 0.855. The number of anilines is 1. The molecule has 138 valence electrons. The first-order valence-corrected chi connectivity index (χ1v) is 9.22. The summed E-state index contributed by atoms with van der Waals surface area (Å²) in [5, 5.41) is 6.48. The molecule has 0 spiro atoms. The van der Waals surface area contributed by atoms with Crippen molar-refractivity contribution in [3.63, 3.8) is 0 Å². The van der Waals surface area contributed by atoms with Gasteiger partial charge >= 0.3 is 0 Å². The second-order valence-corrected chi connectivity index (χ2v) is 7.11. The summed E-state index contributed by atoms with van der Waals surface area (Å²) < 4.78 is 0. The number of hydrogen-bond donors (Lipinski definition) is 2. The van der Waals surface area contributed by atoms with Crippen LogP contribution >= 0.6 is 11.6 Å². The van der Waals surface area contributed by atoms with Gasteiger partial charge < -0.3 is 15.5 Å². The predicted molar refractivity (Wildman–Crippen MR) is 105 cm³/mol. The number of carbonyl (C=O) groups is 2. The van der Waals surface area contributed by atoms with Crippen LogP contribution in [-0.2, 0) is 22.6 Å². The van der Waals surface area contributed by atoms with Crippen molar-refractivity contribution in [2.45, 2.75) is 25.4 Å². The van der Waals surface area contributed by atoms with Crippen molar-refractivity contribution in [3.05, 3.63) is 64.7 Å². The van der Waals surface area contributed by atoms with E-state index in [1.54, 1.807) is 24.3 Å². The molecule has 2 aromatic rings. The van der Waals surface area contributed by atoms with Gasteiger partial charge in [0.05, 0.1) is 6.42 Å². The number of fused-ring (bicyclic) bond motifs is 1. The Morgan fingerprint density at radius 2 is 1.93 bits per heavy atom. The highest BCUT2D eigenvalue weighted by Crippen LogP contribution is 2.20. The summed E-state index contributed by atoms with van der Waals surface area (Å²) >= 11 is 5.84. The maximum Gasteiger partial charge on any atom is 0.271 e. The Bertz CT molecular complexity index is 910. The van der Waals surface area contributed by atoms with E-state index in [1.165, 1.54) is 11.1 Å². The molecule has 0 bridgehead atoms. The van der Waals surface area contributed by atoms with Gasteiger partial charge in [-0.1, -0.05) is 35.9 Å². The summed E-state index contributed by atoms with van der Waals surface area (Å²) in [6.07, 6.45) is 0.936. The highest BCUT2D eigenvalue weighted by atomic mass is 35.5. The Kier molecular flexibility index (Phi) is 4.81. The van der Waals surface area contributed by atoms with E-state index in [9.17, 15) is 9.59 Å². The van der Waals surface area contributed by atoms with E-state index < -0.39 is 6.04 Å². The van der Waals surface area contributed by atoms with Gasteiger partial charge in [-0.15, -0.1) is 0 Å². The number of benzene rings is 2. The van der Waals surface area contributed by atoms with Crippen molar-refractivity contribution in [1.29, 1.82) is 0 Å². The van der Waals surface area contributed by atoms with Gasteiger partial charge in [-0.3, -0.25) is 9.59 Å². The molecule has 0 saturated carbocycles. The largest absolute Gasteiger partial charge is 0.343 e. The van der Waals surface area contributed by atoms with Gasteiger partial charge in [0, 0.05) is 23.8 Å². The molecule has 0 aliphatic carbocycles. The SMILES string of the molecule is O=C(CC1NC(N2CCc3ccccc3C2)=NC1=O)Nc1ccc(Cl)cc1. The molecule has 0 fully saturated rings. The summed E-state index contributed by atoms with van der Waals surface area (Å²) in [6, 6.07) is 14.5. The summed E-state index contributed by atoms with van der Waals surface area (Å²) in [7, 11) is 0. The average Bonchev–Trinajstić information content (AvgIpc) is 3.03. The third kappa shape index (κ3) is 3.95. The molecule has 2 aliphatic rings. The van der Waals surface area contributed by atoms with Crippen molar-refractivity contribution in [3.8, 4) is 0 Å². The molecule has 2 aromatic carbocycles. The molecule has 7 heteroatoms. The van der Waals surface area contributed by atoms with E-state index in [2.05, 4.69) is 32.7 Å². The van der Waals surface area contributed by atoms with Crippen LogP contribution in [0.3, 0.4) is 0 Å². The molecule has 6 nitrogen and oxygen atoms in total. The van der Waals surface area contributed by atoms with Crippen LogP contribution in [0.25, 0.3) is 0 Å². The summed E-state index contributed by atoms with van der Waals surface area (Å²) in [5.74, 6) is -0.00229. The van der Waals surface area contributed by atoms with E-state index in [0.29, 0.717) is 23.2 Å². The zero-order valence-corrected chi connectivity index (χ0v) is 15.4. The maximum atomic E-state index is 12.2. The van der Waals surface area contributed by atoms with Crippen LogP contribution in [0.1, 0.15) is 17.5 Å². The second kappa shape index (κ2) is 7.40. The molecular formula is C20H19ClN4O2. The van der Waals surface area contributed by atoms with Crippen LogP contribution in [0.4, 0.5) is 5.69 Å². The third-order valence-corrected chi connectivity index (χ3v) is 5.02. The molecule has 0 saturated heterocycles. The third-order valence-electron chi connectivity index (χ3n) is 4.77. The topological polar surface area (TPSA) is 73.8 Å². The number of carbonyl (C=O) groups excluding carboxylic acids is 2. The average molecular weight is 383 g/mol. The van der Waals surface area contributed by atoms with Crippen LogP contribution in [0, 0.1) is 0 Å². The van der Waals surface area contributed by atoms with Crippen LogP contribution in [0.5, 0.6) is 0 Å². The second-order valence-electron chi connectivity index (χ2n) is 6.67. The van der Waals surface area contributed by atoms with E-state index in [4.69, 9.17) is 11.6 Å². The van der Waals surface area contributed by atoms with E-state index in [0.717, 1.165) is 13.0 Å². The molecule has 1 unspecified atom stereocenters. The highest BCUT2D eigenvalue weighted by Gasteiger charge is 2.32. The fraction of sp³-hybridized carbons (Fsp3) is 0.250. The number of amides is 2. The first kappa shape index (κ1) is 17.5. The number of aliphatic imine (C=N–C) groups is 1. The Balaban J connectivity index is 1.35. The van der Waals surface area contributed by atoms with Gasteiger partial charge in [0.1, 0.15) is 6.04 Å². The lowest BCUT2D eigenvalue weighted by Gasteiger charge is -2.30. The fourth-order valence-corrected chi connectivity index (χ4v) is 3.47. The Morgan fingerprint density at radius 3 is 2.70 bits per heavy atom. The molecule has 2 N–H and O–H groups in total. The highest BCUT2D eigenvalue weighted by molar-refractivity contribution is 6.30. The first-order valence-electron chi connectivity index (χ1n) is 8.85. The zero-order valence-electron chi connectivity index (χ0n) is 14.6. The molecule has 1 atom stereocenters. The predicted octanol–water partition coefficient (Wildman–Crippen LogP) is 2.58. The zero-order chi connectivity index (χ0) is 18.8. The summed E-state index contributed by atoms with van der Waals surface area (Å²) in [4.78, 5) is 30.7. The van der Waals surface area contributed by atoms with Crippen molar-refractivity contribution in [1.82, 2.24) is 10.2 Å². The van der Waals surface area contributed by atoms with Crippen LogP contribution in [0.15, 0.2) is 53.5 Å². The van der Waals surface area contributed by atoms with Crippen LogP contribution < -0.4 is 10.6 Å². The summed E-state index contributed by atoms with van der Waals surface area (Å²) in [6.45, 7) is 1.50. The van der Waals surface area contributed by atoms with Gasteiger partial charge in [0.25, 0.3) is 5.91 Å². The number of hydrogen-bond acceptors (Lipinski definition) is 4. The molecule has 0 radical (unpaired) electrons. The number of halogens is 1. The Labute approximate surface area is 162 Å². The lowest BCUT2D eigenvalue weighted by Crippen LogP contribution is -2.45. The molecule has 2 heterocycles. The molecule has 27 heavy (non-hydrogen) atoms. The lowest BCUT2D eigenvalue weighted by molar-refractivity contribution is -0.123. The van der Waals surface area contributed by atoms with Gasteiger partial charge in [-0.25, -0.2) is 0 Å². The molecular weight excluding hydrogens is 364 g/mol. The minimum atomic E-state index is -0.635. The van der Waals surface area contributed by atoms with Gasteiger partial charge in [-0.2, -0.15) is 4.99 Å². The van der Waals surface area contributed by atoms with Crippen molar-refractivity contribution >= 4 is 35.1 Å². The van der Waals surface area contributed by atoms with Crippen molar-refractivity contribution < 1.29 is 9.59 Å². The Morgan fingerprint density at radius 1 is 1.19 bits per heavy atom. The Hall–Kier alpha value is -2.86. The van der Waals surface area contributed by atoms with Crippen LogP contribution in [0.2, 0.25) is 5.02 Å². The van der Waals surface area contributed by atoms with Crippen LogP contribution in [-0.4, -0.2) is 35.3 Å². The van der Waals surface area contributed by atoms with Crippen molar-refractivity contribution in [2.24, 2.45) is 4.99 Å². The number of nitrogens with zero attached hydrogens (tertiary/aromatic N) is 2. The van der Waals surface area contributed by atoms with Gasteiger partial charge in [-0.05, 0) is 41.8 Å². The fourth-order valence-electron chi connectivity index (χ4n) is 3.34. The smallest absolute Gasteiger partial charge is 0.271 e. The lowest BCUT2D eigenvalue weighted by atomic mass is 10.0. The van der Waals surface area contributed by atoms with Gasteiger partial charge in [0.15, 0.2) is 0 Å². The first-order chi connectivity index (χ1) is 13.1. The molecule has 2 aliphatic heterocycles. The monoisotopic (exact) mass is 382 g/mol. The molecule has 2 amide bonds. The van der Waals surface area contributed by atoms with Crippen molar-refractivity contribution in [2.75, 3.05) is 11.9 Å². The summed E-state index contributed by atoms with van der Waals surface area (Å²) in [5.41, 5.74) is 3.21. The van der Waals surface area contributed by atoms with Gasteiger partial charge in [0.2, 0.25) is 11.9 Å². The van der Waals surface area contributed by atoms with E-state index >= 15 is 0 Å². The molecule has 0 aromatic heterocycles. The number of guanidine groups is 1. The minimum Gasteiger partial charge on any atom is -0.343 e.